The van der Waals surface area contributed by atoms with Crippen molar-refractivity contribution in [3.05, 3.63) is 70.9 Å². The minimum absolute atomic E-state index is 0.0880. The van der Waals surface area contributed by atoms with Crippen LogP contribution >= 0.6 is 0 Å². The Kier molecular flexibility index (Phi) is 3.65. The van der Waals surface area contributed by atoms with Crippen molar-refractivity contribution in [2.24, 2.45) is 0 Å². The average Bonchev–Trinajstić information content (AvgIpc) is 2.67. The van der Waals surface area contributed by atoms with Crippen LogP contribution in [0.15, 0.2) is 69.9 Å². The number of benzene rings is 3. The number of methoxy groups -OCH3 is 2. The largest absolute Gasteiger partial charge is 0.492 e. The van der Waals surface area contributed by atoms with Crippen molar-refractivity contribution < 1.29 is 13.9 Å². The van der Waals surface area contributed by atoms with Crippen LogP contribution in [0.1, 0.15) is 0 Å². The van der Waals surface area contributed by atoms with Gasteiger partial charge in [-0.25, -0.2) is 0 Å². The second-order valence-electron chi connectivity index (χ2n) is 5.66. The molecule has 0 saturated heterocycles. The van der Waals surface area contributed by atoms with Gasteiger partial charge in [-0.2, -0.15) is 0 Å². The van der Waals surface area contributed by atoms with Gasteiger partial charge in [0.25, 0.3) is 0 Å². The highest BCUT2D eigenvalue weighted by Crippen LogP contribution is 2.43. The first-order valence-corrected chi connectivity index (χ1v) is 7.90. The van der Waals surface area contributed by atoms with E-state index in [1.54, 1.807) is 26.4 Å². The van der Waals surface area contributed by atoms with E-state index in [4.69, 9.17) is 13.9 Å². The molecule has 0 saturated carbocycles. The first kappa shape index (κ1) is 15.3. The predicted molar refractivity (Wildman–Crippen MR) is 98.5 cm³/mol. The van der Waals surface area contributed by atoms with Crippen molar-refractivity contribution >= 4 is 21.9 Å². The second kappa shape index (κ2) is 5.98. The predicted octanol–water partition coefficient (Wildman–Crippen LogP) is 4.63. The standard InChI is InChI=1S/C21H16O4/c1-23-19-15(13-8-4-3-5-9-13)12-16-18(22)14-10-6-7-11-17(14)25-20(16)21(19)24-2/h3-12H,1-2H3. The number of para-hydroxylation sites is 1. The maximum atomic E-state index is 13.0. The molecule has 0 aliphatic rings. The fourth-order valence-corrected chi connectivity index (χ4v) is 3.11. The quantitative estimate of drug-likeness (QED) is 0.513. The molecule has 0 amide bonds. The van der Waals surface area contributed by atoms with E-state index in [1.165, 1.54) is 0 Å². The zero-order chi connectivity index (χ0) is 17.4. The Morgan fingerprint density at radius 2 is 1.48 bits per heavy atom. The first-order chi connectivity index (χ1) is 12.2. The summed E-state index contributed by atoms with van der Waals surface area (Å²) in [6.07, 6.45) is 0. The van der Waals surface area contributed by atoms with Crippen LogP contribution in [0.3, 0.4) is 0 Å². The minimum Gasteiger partial charge on any atom is -0.492 e. The highest BCUT2D eigenvalue weighted by Gasteiger charge is 2.21. The fraction of sp³-hybridized carbons (Fsp3) is 0.0952. The Morgan fingerprint density at radius 1 is 0.800 bits per heavy atom. The molecular weight excluding hydrogens is 316 g/mol. The number of hydrogen-bond acceptors (Lipinski definition) is 4. The highest BCUT2D eigenvalue weighted by molar-refractivity contribution is 5.98. The Labute approximate surface area is 144 Å². The summed E-state index contributed by atoms with van der Waals surface area (Å²) < 4.78 is 17.1. The van der Waals surface area contributed by atoms with Gasteiger partial charge in [0.15, 0.2) is 11.3 Å². The van der Waals surface area contributed by atoms with E-state index in [0.717, 1.165) is 11.1 Å². The van der Waals surface area contributed by atoms with Crippen molar-refractivity contribution in [3.63, 3.8) is 0 Å². The Balaban J connectivity index is 2.19. The van der Waals surface area contributed by atoms with Crippen LogP contribution < -0.4 is 14.9 Å². The van der Waals surface area contributed by atoms with E-state index in [2.05, 4.69) is 0 Å². The van der Waals surface area contributed by atoms with E-state index in [1.807, 2.05) is 48.5 Å². The van der Waals surface area contributed by atoms with Gasteiger partial charge in [0.1, 0.15) is 5.58 Å². The molecule has 4 aromatic rings. The van der Waals surface area contributed by atoms with E-state index >= 15 is 0 Å². The monoisotopic (exact) mass is 332 g/mol. The third-order valence-electron chi connectivity index (χ3n) is 4.27. The number of ether oxygens (including phenoxy) is 2. The molecule has 0 radical (unpaired) electrons. The molecule has 0 fully saturated rings. The van der Waals surface area contributed by atoms with Crippen LogP contribution in [-0.2, 0) is 0 Å². The summed E-state index contributed by atoms with van der Waals surface area (Å²) in [6.45, 7) is 0. The van der Waals surface area contributed by atoms with Crippen molar-refractivity contribution in [1.82, 2.24) is 0 Å². The summed E-state index contributed by atoms with van der Waals surface area (Å²) in [7, 11) is 3.12. The smallest absolute Gasteiger partial charge is 0.205 e. The zero-order valence-corrected chi connectivity index (χ0v) is 13.9. The molecular formula is C21H16O4. The van der Waals surface area contributed by atoms with Crippen molar-refractivity contribution in [1.29, 1.82) is 0 Å². The number of hydrogen-bond donors (Lipinski definition) is 0. The van der Waals surface area contributed by atoms with E-state index < -0.39 is 0 Å². The summed E-state index contributed by atoms with van der Waals surface area (Å²) in [4.78, 5) is 13.0. The van der Waals surface area contributed by atoms with Gasteiger partial charge in [-0.05, 0) is 23.8 Å². The molecule has 0 spiro atoms. The van der Waals surface area contributed by atoms with Crippen LogP contribution in [0, 0.1) is 0 Å². The van der Waals surface area contributed by atoms with Gasteiger partial charge in [0.2, 0.25) is 11.2 Å². The Morgan fingerprint density at radius 3 is 2.20 bits per heavy atom. The third kappa shape index (κ3) is 2.34. The first-order valence-electron chi connectivity index (χ1n) is 7.90. The normalized spacial score (nSPS) is 11.0. The van der Waals surface area contributed by atoms with E-state index in [0.29, 0.717) is 33.4 Å². The molecule has 0 N–H and O–H groups in total. The Hall–Kier alpha value is -3.27. The molecule has 4 nitrogen and oxygen atoms in total. The molecule has 3 aromatic carbocycles. The van der Waals surface area contributed by atoms with Crippen molar-refractivity contribution in [2.75, 3.05) is 14.2 Å². The summed E-state index contributed by atoms with van der Waals surface area (Å²) >= 11 is 0. The number of rotatable bonds is 3. The lowest BCUT2D eigenvalue weighted by atomic mass is 10.0. The molecule has 0 atom stereocenters. The molecule has 0 unspecified atom stereocenters. The maximum absolute atomic E-state index is 13.0. The van der Waals surface area contributed by atoms with Gasteiger partial charge in [-0.3, -0.25) is 4.79 Å². The summed E-state index contributed by atoms with van der Waals surface area (Å²) in [5.74, 6) is 0.960. The number of fused-ring (bicyclic) bond motifs is 2. The van der Waals surface area contributed by atoms with E-state index in [9.17, 15) is 4.79 Å². The van der Waals surface area contributed by atoms with Crippen LogP contribution in [0.25, 0.3) is 33.1 Å². The minimum atomic E-state index is -0.0880. The topological polar surface area (TPSA) is 48.7 Å². The van der Waals surface area contributed by atoms with Crippen LogP contribution in [0.2, 0.25) is 0 Å². The fourth-order valence-electron chi connectivity index (χ4n) is 3.11. The molecule has 1 heterocycles. The summed E-state index contributed by atoms with van der Waals surface area (Å²) in [5, 5.41) is 1.01. The van der Waals surface area contributed by atoms with Crippen LogP contribution in [0.4, 0.5) is 0 Å². The van der Waals surface area contributed by atoms with Crippen LogP contribution in [0.5, 0.6) is 11.5 Å². The SMILES string of the molecule is COc1c(-c2ccccc2)cc2c(=O)c3ccccc3oc2c1OC. The van der Waals surface area contributed by atoms with Gasteiger partial charge in [0, 0.05) is 5.56 Å². The lowest BCUT2D eigenvalue weighted by Crippen LogP contribution is -2.04. The molecule has 0 aliphatic carbocycles. The van der Waals surface area contributed by atoms with Gasteiger partial charge < -0.3 is 13.9 Å². The molecule has 4 heteroatoms. The van der Waals surface area contributed by atoms with Crippen LogP contribution in [-0.4, -0.2) is 14.2 Å². The van der Waals surface area contributed by atoms with Gasteiger partial charge >= 0.3 is 0 Å². The molecule has 1 aromatic heterocycles. The maximum Gasteiger partial charge on any atom is 0.205 e. The lowest BCUT2D eigenvalue weighted by Gasteiger charge is -2.15. The lowest BCUT2D eigenvalue weighted by molar-refractivity contribution is 0.355. The highest BCUT2D eigenvalue weighted by atomic mass is 16.5. The zero-order valence-electron chi connectivity index (χ0n) is 13.9. The van der Waals surface area contributed by atoms with Gasteiger partial charge in [-0.1, -0.05) is 42.5 Å². The second-order valence-corrected chi connectivity index (χ2v) is 5.66. The van der Waals surface area contributed by atoms with Gasteiger partial charge in [0.05, 0.1) is 25.0 Å². The molecule has 25 heavy (non-hydrogen) atoms. The van der Waals surface area contributed by atoms with Crippen molar-refractivity contribution in [2.45, 2.75) is 0 Å². The molecule has 0 aliphatic heterocycles. The average molecular weight is 332 g/mol. The third-order valence-corrected chi connectivity index (χ3v) is 4.27. The van der Waals surface area contributed by atoms with Gasteiger partial charge in [-0.15, -0.1) is 0 Å². The molecule has 0 bridgehead atoms. The van der Waals surface area contributed by atoms with E-state index in [-0.39, 0.29) is 5.43 Å². The summed E-state index contributed by atoms with van der Waals surface area (Å²) in [5.41, 5.74) is 2.55. The summed E-state index contributed by atoms with van der Waals surface area (Å²) in [6, 6.07) is 18.7. The molecule has 4 rings (SSSR count). The molecule has 124 valence electrons. The Bertz CT molecular complexity index is 1130. The van der Waals surface area contributed by atoms with Crippen molar-refractivity contribution in [3.8, 4) is 22.6 Å².